The molecule has 0 aliphatic carbocycles. The molecule has 0 aromatic carbocycles. The van der Waals surface area contributed by atoms with Gasteiger partial charge in [0.25, 0.3) is 0 Å². The first-order valence-corrected chi connectivity index (χ1v) is 4.88. The van der Waals surface area contributed by atoms with Crippen LogP contribution in [0.15, 0.2) is 11.4 Å². The van der Waals surface area contributed by atoms with Gasteiger partial charge in [0, 0.05) is 17.8 Å². The number of carboxylic acid groups (broad SMARTS) is 1. The summed E-state index contributed by atoms with van der Waals surface area (Å²) in [6, 6.07) is 0. The van der Waals surface area contributed by atoms with Crippen LogP contribution < -0.4 is 5.32 Å². The van der Waals surface area contributed by atoms with Crippen LogP contribution in [0.3, 0.4) is 0 Å². The molecule has 1 fully saturated rings. The highest BCUT2D eigenvalue weighted by Gasteiger charge is 2.37. The van der Waals surface area contributed by atoms with Crippen molar-refractivity contribution in [3.05, 3.63) is 11.4 Å². The number of alkyl halides is 1. The minimum absolute atomic E-state index is 0.0877. The number of fused-ring (bicyclic) bond motifs is 1. The smallest absolute Gasteiger partial charge is 0.309 e. The van der Waals surface area contributed by atoms with Crippen LogP contribution in [0.4, 0.5) is 4.39 Å². The zero-order chi connectivity index (χ0) is 10.3. The summed E-state index contributed by atoms with van der Waals surface area (Å²) in [5.41, 5.74) is 1.08. The van der Waals surface area contributed by atoms with Crippen molar-refractivity contribution >= 4 is 18.6 Å². The van der Waals surface area contributed by atoms with Gasteiger partial charge in [0.05, 0.1) is 13.0 Å². The first kappa shape index (κ1) is 9.64. The Morgan fingerprint density at radius 1 is 1.79 bits per heavy atom. The molecule has 14 heavy (non-hydrogen) atoms. The number of halogens is 1. The Morgan fingerprint density at radius 3 is 3.14 bits per heavy atom. The predicted octanol–water partition coefficient (Wildman–Crippen LogP) is 0.533. The molecule has 0 aromatic rings. The molecule has 1 saturated heterocycles. The Bertz CT molecular complexity index is 308. The van der Waals surface area contributed by atoms with Crippen molar-refractivity contribution in [3.8, 4) is 0 Å². The summed E-state index contributed by atoms with van der Waals surface area (Å²) in [5.74, 6) is -0.912. The van der Waals surface area contributed by atoms with Crippen molar-refractivity contribution in [2.75, 3.05) is 6.54 Å². The van der Waals surface area contributed by atoms with Crippen LogP contribution in [0.1, 0.15) is 12.8 Å². The third-order valence-corrected chi connectivity index (χ3v) is 2.84. The fourth-order valence-corrected chi connectivity index (χ4v) is 2.27. The highest BCUT2D eigenvalue weighted by atomic mass is 32.1. The molecular weight excluding hydrogens is 207 g/mol. The second-order valence-electron chi connectivity index (χ2n) is 3.47. The van der Waals surface area contributed by atoms with Gasteiger partial charge in [0.15, 0.2) is 0 Å². The second-order valence-corrected chi connectivity index (χ2v) is 3.96. The lowest BCUT2D eigenvalue weighted by Crippen LogP contribution is -2.32. The molecule has 2 atom stereocenters. The van der Waals surface area contributed by atoms with E-state index in [1.165, 1.54) is 0 Å². The molecule has 0 aromatic heterocycles. The minimum atomic E-state index is -0.912. The summed E-state index contributed by atoms with van der Waals surface area (Å²) in [6.45, 7) is 0.305. The fourth-order valence-electron chi connectivity index (χ4n) is 1.88. The Morgan fingerprint density at radius 2 is 2.50 bits per heavy atom. The number of carbonyl (C=O) groups is 1. The zero-order valence-electron chi connectivity index (χ0n) is 7.40. The number of carboxylic acids is 1. The van der Waals surface area contributed by atoms with Gasteiger partial charge in [-0.1, -0.05) is 0 Å². The van der Waals surface area contributed by atoms with Gasteiger partial charge < -0.3 is 15.3 Å². The standard InChI is InChI=1S/C8H11FN2O2S/c9-4-1-6-5(2-7(12)13)10-8(14)11(6)3-4/h4,8,10,14H,1-3H2,(H,12,13). The molecule has 2 N–H and O–H groups in total. The molecule has 78 valence electrons. The fraction of sp³-hybridized carbons (Fsp3) is 0.625. The molecule has 6 heteroatoms. The summed E-state index contributed by atoms with van der Waals surface area (Å²) in [6.07, 6.45) is -0.687. The average molecular weight is 218 g/mol. The summed E-state index contributed by atoms with van der Waals surface area (Å²) < 4.78 is 13.0. The zero-order valence-corrected chi connectivity index (χ0v) is 8.30. The average Bonchev–Trinajstić information content (AvgIpc) is 2.54. The Hall–Kier alpha value is -0.910. The van der Waals surface area contributed by atoms with Gasteiger partial charge >= 0.3 is 5.97 Å². The number of aliphatic carboxylic acids is 1. The van der Waals surface area contributed by atoms with Crippen LogP contribution in [-0.4, -0.2) is 34.2 Å². The van der Waals surface area contributed by atoms with Gasteiger partial charge in [-0.15, -0.1) is 12.6 Å². The number of hydrogen-bond donors (Lipinski definition) is 3. The number of nitrogens with one attached hydrogen (secondary N) is 1. The van der Waals surface area contributed by atoms with Crippen LogP contribution in [-0.2, 0) is 4.79 Å². The van der Waals surface area contributed by atoms with Crippen LogP contribution in [0, 0.1) is 0 Å². The van der Waals surface area contributed by atoms with E-state index in [-0.39, 0.29) is 11.9 Å². The van der Waals surface area contributed by atoms with Crippen molar-refractivity contribution in [3.63, 3.8) is 0 Å². The number of allylic oxidation sites excluding steroid dienone is 1. The van der Waals surface area contributed by atoms with E-state index in [1.807, 2.05) is 0 Å². The van der Waals surface area contributed by atoms with Gasteiger partial charge in [0.1, 0.15) is 11.7 Å². The Balaban J connectivity index is 2.19. The molecule has 4 nitrogen and oxygen atoms in total. The monoisotopic (exact) mass is 218 g/mol. The quantitative estimate of drug-likeness (QED) is 0.592. The summed E-state index contributed by atoms with van der Waals surface area (Å²) in [7, 11) is 0. The number of rotatable bonds is 2. The third kappa shape index (κ3) is 1.54. The minimum Gasteiger partial charge on any atom is -0.481 e. The first-order valence-electron chi connectivity index (χ1n) is 4.37. The lowest BCUT2D eigenvalue weighted by atomic mass is 10.2. The highest BCUT2D eigenvalue weighted by molar-refractivity contribution is 7.80. The normalized spacial score (nSPS) is 30.6. The van der Waals surface area contributed by atoms with Gasteiger partial charge in [-0.2, -0.15) is 0 Å². The van der Waals surface area contributed by atoms with Crippen molar-refractivity contribution in [2.24, 2.45) is 0 Å². The first-order chi connectivity index (χ1) is 6.58. The molecule has 2 unspecified atom stereocenters. The van der Waals surface area contributed by atoms with E-state index in [4.69, 9.17) is 5.11 Å². The van der Waals surface area contributed by atoms with E-state index in [0.29, 0.717) is 18.7 Å². The van der Waals surface area contributed by atoms with Gasteiger partial charge in [-0.05, 0) is 0 Å². The maximum atomic E-state index is 13.0. The maximum Gasteiger partial charge on any atom is 0.309 e. The van der Waals surface area contributed by atoms with Crippen molar-refractivity contribution in [2.45, 2.75) is 24.5 Å². The van der Waals surface area contributed by atoms with Gasteiger partial charge in [0.2, 0.25) is 0 Å². The van der Waals surface area contributed by atoms with Crippen LogP contribution >= 0.6 is 12.6 Å². The lowest BCUT2D eigenvalue weighted by molar-refractivity contribution is -0.136. The van der Waals surface area contributed by atoms with Crippen LogP contribution in [0.2, 0.25) is 0 Å². The van der Waals surface area contributed by atoms with Crippen molar-refractivity contribution < 1.29 is 14.3 Å². The van der Waals surface area contributed by atoms with E-state index in [9.17, 15) is 9.18 Å². The summed E-state index contributed by atoms with van der Waals surface area (Å²) in [5, 5.41) is 11.6. The number of hydrogen-bond acceptors (Lipinski definition) is 4. The molecule has 2 rings (SSSR count). The molecule has 2 aliphatic rings. The molecular formula is C8H11FN2O2S. The molecule has 0 spiro atoms. The molecule has 2 heterocycles. The van der Waals surface area contributed by atoms with E-state index >= 15 is 0 Å². The maximum absolute atomic E-state index is 13.0. The Labute approximate surface area is 86.2 Å². The van der Waals surface area contributed by atoms with Crippen LogP contribution in [0.25, 0.3) is 0 Å². The molecule has 0 saturated carbocycles. The number of nitrogens with zero attached hydrogens (tertiary/aromatic N) is 1. The van der Waals surface area contributed by atoms with Gasteiger partial charge in [-0.25, -0.2) is 4.39 Å². The largest absolute Gasteiger partial charge is 0.481 e. The predicted molar refractivity (Wildman–Crippen MR) is 51.4 cm³/mol. The van der Waals surface area contributed by atoms with E-state index < -0.39 is 12.1 Å². The lowest BCUT2D eigenvalue weighted by Gasteiger charge is -2.18. The van der Waals surface area contributed by atoms with E-state index in [1.54, 1.807) is 4.90 Å². The topological polar surface area (TPSA) is 52.6 Å². The van der Waals surface area contributed by atoms with E-state index in [0.717, 1.165) is 5.70 Å². The second kappa shape index (κ2) is 3.34. The van der Waals surface area contributed by atoms with Crippen molar-refractivity contribution in [1.82, 2.24) is 10.2 Å². The highest BCUT2D eigenvalue weighted by Crippen LogP contribution is 2.34. The van der Waals surface area contributed by atoms with Crippen molar-refractivity contribution in [1.29, 1.82) is 0 Å². The van der Waals surface area contributed by atoms with E-state index in [2.05, 4.69) is 17.9 Å². The Kier molecular flexibility index (Phi) is 2.30. The summed E-state index contributed by atoms with van der Waals surface area (Å²) in [4.78, 5) is 12.3. The third-order valence-electron chi connectivity index (χ3n) is 2.43. The molecule has 0 radical (unpaired) electrons. The number of thiol groups is 1. The van der Waals surface area contributed by atoms with Gasteiger partial charge in [-0.3, -0.25) is 4.79 Å². The van der Waals surface area contributed by atoms with Crippen LogP contribution in [0.5, 0.6) is 0 Å². The summed E-state index contributed by atoms with van der Waals surface area (Å²) >= 11 is 4.20. The molecule has 0 amide bonds. The molecule has 0 bridgehead atoms. The molecule has 2 aliphatic heterocycles. The SMILES string of the molecule is O=C(O)CC1=C2CC(F)CN2C(S)N1.